The first-order valence-corrected chi connectivity index (χ1v) is 3.76. The van der Waals surface area contributed by atoms with Gasteiger partial charge in [0.15, 0.2) is 0 Å². The van der Waals surface area contributed by atoms with Gasteiger partial charge in [-0.05, 0) is 18.6 Å². The first kappa shape index (κ1) is 8.01. The molecule has 0 aliphatic heterocycles. The molecule has 3 heteroatoms. The highest BCUT2D eigenvalue weighted by molar-refractivity contribution is 5.38. The summed E-state index contributed by atoms with van der Waals surface area (Å²) in [6.07, 6.45) is 4.55. The number of hydrogen-bond donors (Lipinski definition) is 1. The van der Waals surface area contributed by atoms with Gasteiger partial charge >= 0.3 is 0 Å². The van der Waals surface area contributed by atoms with Gasteiger partial charge in [0, 0.05) is 12.7 Å². The van der Waals surface area contributed by atoms with Crippen LogP contribution in [0.25, 0.3) is 0 Å². The maximum absolute atomic E-state index is 4.07. The molecule has 59 valence electrons. The third-order valence-electron chi connectivity index (χ3n) is 1.21. The Kier molecular flexibility index (Phi) is 3.41. The van der Waals surface area contributed by atoms with Gasteiger partial charge in [-0.1, -0.05) is 6.92 Å². The van der Waals surface area contributed by atoms with Crippen molar-refractivity contribution in [2.24, 2.45) is 0 Å². The van der Waals surface area contributed by atoms with Crippen molar-refractivity contribution in [2.45, 2.75) is 13.3 Å². The SMILES string of the molecule is CCC[N]Nc1cccnc1. The van der Waals surface area contributed by atoms with Gasteiger partial charge in [0.1, 0.15) is 0 Å². The summed E-state index contributed by atoms with van der Waals surface area (Å²) in [5, 5.41) is 0. The zero-order valence-corrected chi connectivity index (χ0v) is 6.62. The molecule has 0 spiro atoms. The minimum Gasteiger partial charge on any atom is -0.302 e. The molecule has 1 rings (SSSR count). The molecule has 0 bridgehead atoms. The van der Waals surface area contributed by atoms with Gasteiger partial charge in [-0.3, -0.25) is 4.98 Å². The summed E-state index contributed by atoms with van der Waals surface area (Å²) in [7, 11) is 0. The Balaban J connectivity index is 2.28. The fourth-order valence-electron chi connectivity index (χ4n) is 0.688. The smallest absolute Gasteiger partial charge is 0.0687 e. The molecular weight excluding hydrogens is 138 g/mol. The summed E-state index contributed by atoms with van der Waals surface area (Å²) in [5.74, 6) is 0. The lowest BCUT2D eigenvalue weighted by Crippen LogP contribution is -2.13. The van der Waals surface area contributed by atoms with E-state index < -0.39 is 0 Å². The van der Waals surface area contributed by atoms with Crippen molar-refractivity contribution in [3.8, 4) is 0 Å². The van der Waals surface area contributed by atoms with Gasteiger partial charge in [-0.25, -0.2) is 0 Å². The van der Waals surface area contributed by atoms with E-state index in [4.69, 9.17) is 0 Å². The standard InChI is InChI=1S/C8H12N3/c1-2-5-10-11-8-4-3-6-9-7-8/h3-4,6-7,11H,2,5H2,1H3. The largest absolute Gasteiger partial charge is 0.302 e. The molecule has 1 N–H and O–H groups in total. The van der Waals surface area contributed by atoms with Crippen molar-refractivity contribution in [2.75, 3.05) is 12.0 Å². The molecule has 1 heterocycles. The van der Waals surface area contributed by atoms with Crippen LogP contribution in [0.1, 0.15) is 13.3 Å². The van der Waals surface area contributed by atoms with Gasteiger partial charge in [-0.2, -0.15) is 0 Å². The van der Waals surface area contributed by atoms with E-state index in [0.29, 0.717) is 0 Å². The van der Waals surface area contributed by atoms with Crippen LogP contribution in [0, 0.1) is 0 Å². The summed E-state index contributed by atoms with van der Waals surface area (Å²) >= 11 is 0. The first-order chi connectivity index (χ1) is 5.43. The van der Waals surface area contributed by atoms with Crippen LogP contribution in [0.15, 0.2) is 24.5 Å². The molecule has 0 atom stereocenters. The van der Waals surface area contributed by atoms with E-state index >= 15 is 0 Å². The van der Waals surface area contributed by atoms with Gasteiger partial charge in [-0.15, -0.1) is 5.43 Å². The lowest BCUT2D eigenvalue weighted by Gasteiger charge is -2.02. The fraction of sp³-hybridized carbons (Fsp3) is 0.375. The van der Waals surface area contributed by atoms with Crippen LogP contribution in [-0.2, 0) is 0 Å². The molecule has 0 saturated carbocycles. The highest BCUT2D eigenvalue weighted by atomic mass is 15.3. The molecule has 0 aromatic carbocycles. The normalized spacial score (nSPS) is 9.55. The Hall–Kier alpha value is -1.09. The van der Waals surface area contributed by atoms with Gasteiger partial charge in [0.05, 0.1) is 11.9 Å². The third-order valence-corrected chi connectivity index (χ3v) is 1.21. The van der Waals surface area contributed by atoms with Gasteiger partial charge < -0.3 is 5.43 Å². The Bertz CT molecular complexity index is 186. The summed E-state index contributed by atoms with van der Waals surface area (Å²) in [6, 6.07) is 3.82. The Labute approximate surface area is 66.8 Å². The molecule has 1 aromatic rings. The van der Waals surface area contributed by atoms with Gasteiger partial charge in [0.2, 0.25) is 0 Å². The minimum atomic E-state index is 0.842. The highest BCUT2D eigenvalue weighted by Gasteiger charge is 1.87. The summed E-state index contributed by atoms with van der Waals surface area (Å²) in [6.45, 7) is 2.93. The number of rotatable bonds is 4. The van der Waals surface area contributed by atoms with Crippen LogP contribution in [0.5, 0.6) is 0 Å². The molecule has 11 heavy (non-hydrogen) atoms. The third kappa shape index (κ3) is 3.00. The number of aromatic nitrogens is 1. The van der Waals surface area contributed by atoms with E-state index in [2.05, 4.69) is 22.8 Å². The molecule has 1 radical (unpaired) electrons. The van der Waals surface area contributed by atoms with Crippen molar-refractivity contribution in [1.29, 1.82) is 0 Å². The predicted molar refractivity (Wildman–Crippen MR) is 45.2 cm³/mol. The molecule has 0 saturated heterocycles. The molecule has 0 amide bonds. The lowest BCUT2D eigenvalue weighted by molar-refractivity contribution is 0.746. The second-order valence-electron chi connectivity index (χ2n) is 2.24. The van der Waals surface area contributed by atoms with Crippen molar-refractivity contribution < 1.29 is 0 Å². The molecule has 0 unspecified atom stereocenters. The Morgan fingerprint density at radius 1 is 1.64 bits per heavy atom. The maximum atomic E-state index is 4.07. The van der Waals surface area contributed by atoms with Crippen LogP contribution in [0.3, 0.4) is 0 Å². The molecular formula is C8H12N3. The zero-order chi connectivity index (χ0) is 7.94. The quantitative estimate of drug-likeness (QED) is 0.520. The van der Waals surface area contributed by atoms with E-state index in [1.165, 1.54) is 0 Å². The first-order valence-electron chi connectivity index (χ1n) is 3.76. The summed E-state index contributed by atoms with van der Waals surface area (Å²) in [4.78, 5) is 3.94. The molecule has 1 aromatic heterocycles. The van der Waals surface area contributed by atoms with Crippen molar-refractivity contribution in [1.82, 2.24) is 10.4 Å². The van der Waals surface area contributed by atoms with E-state index in [1.54, 1.807) is 12.4 Å². The second kappa shape index (κ2) is 4.68. The van der Waals surface area contributed by atoms with E-state index in [-0.39, 0.29) is 0 Å². The van der Waals surface area contributed by atoms with E-state index in [9.17, 15) is 0 Å². The van der Waals surface area contributed by atoms with Crippen LogP contribution in [0.4, 0.5) is 5.69 Å². The number of pyridine rings is 1. The monoisotopic (exact) mass is 150 g/mol. The molecule has 0 fully saturated rings. The van der Waals surface area contributed by atoms with Crippen LogP contribution in [-0.4, -0.2) is 11.5 Å². The maximum Gasteiger partial charge on any atom is 0.0687 e. The average molecular weight is 150 g/mol. The number of nitrogens with one attached hydrogen (secondary N) is 1. The Morgan fingerprint density at radius 3 is 3.18 bits per heavy atom. The second-order valence-corrected chi connectivity index (χ2v) is 2.24. The van der Waals surface area contributed by atoms with Crippen LogP contribution in [0.2, 0.25) is 0 Å². The van der Waals surface area contributed by atoms with Crippen molar-refractivity contribution >= 4 is 5.69 Å². The van der Waals surface area contributed by atoms with Gasteiger partial charge in [0.25, 0.3) is 0 Å². The molecule has 0 aliphatic carbocycles. The predicted octanol–water partition coefficient (Wildman–Crippen LogP) is 1.42. The number of nitrogens with zero attached hydrogens (tertiary/aromatic N) is 2. The summed E-state index contributed by atoms with van der Waals surface area (Å²) < 4.78 is 0. The molecule has 3 nitrogen and oxygen atoms in total. The summed E-state index contributed by atoms with van der Waals surface area (Å²) in [5.41, 5.74) is 7.92. The highest BCUT2D eigenvalue weighted by Crippen LogP contribution is 1.99. The Morgan fingerprint density at radius 2 is 2.55 bits per heavy atom. The van der Waals surface area contributed by atoms with Crippen LogP contribution >= 0.6 is 0 Å². The lowest BCUT2D eigenvalue weighted by atomic mass is 10.4. The van der Waals surface area contributed by atoms with Crippen molar-refractivity contribution in [3.05, 3.63) is 24.5 Å². The minimum absolute atomic E-state index is 0.842. The average Bonchev–Trinajstić information content (AvgIpc) is 2.07. The number of hydrogen-bond acceptors (Lipinski definition) is 2. The number of anilines is 1. The molecule has 0 aliphatic rings. The van der Waals surface area contributed by atoms with E-state index in [1.807, 2.05) is 12.1 Å². The fourth-order valence-corrected chi connectivity index (χ4v) is 0.688. The zero-order valence-electron chi connectivity index (χ0n) is 6.62. The topological polar surface area (TPSA) is 39.0 Å². The van der Waals surface area contributed by atoms with E-state index in [0.717, 1.165) is 18.7 Å². The van der Waals surface area contributed by atoms with Crippen LogP contribution < -0.4 is 10.9 Å². The van der Waals surface area contributed by atoms with Crippen molar-refractivity contribution in [3.63, 3.8) is 0 Å².